The number of halogens is 3. The van der Waals surface area contributed by atoms with Crippen molar-refractivity contribution in [2.45, 2.75) is 24.7 Å². The van der Waals surface area contributed by atoms with E-state index in [0.717, 1.165) is 5.56 Å². The predicted octanol–water partition coefficient (Wildman–Crippen LogP) is 1.82. The van der Waals surface area contributed by atoms with E-state index in [9.17, 15) is 18.3 Å². The van der Waals surface area contributed by atoms with Gasteiger partial charge >= 0.3 is 6.18 Å². The Labute approximate surface area is 113 Å². The predicted molar refractivity (Wildman–Crippen MR) is 65.5 cm³/mol. The van der Waals surface area contributed by atoms with Gasteiger partial charge in [-0.15, -0.1) is 0 Å². The van der Waals surface area contributed by atoms with Gasteiger partial charge in [0.2, 0.25) is 0 Å². The summed E-state index contributed by atoms with van der Waals surface area (Å²) in [5.41, 5.74) is 0.645. The molecule has 2 unspecified atom stereocenters. The molecule has 1 aromatic carbocycles. The first kappa shape index (κ1) is 13.2. The summed E-state index contributed by atoms with van der Waals surface area (Å²) in [6.07, 6.45) is -4.12. The van der Waals surface area contributed by atoms with Crippen LogP contribution in [0, 0.1) is 5.92 Å². The zero-order valence-electron chi connectivity index (χ0n) is 10.7. The van der Waals surface area contributed by atoms with Gasteiger partial charge in [0.1, 0.15) is 5.75 Å². The van der Waals surface area contributed by atoms with Crippen molar-refractivity contribution in [3.8, 4) is 5.75 Å². The molecular weight excluding hydrogens is 273 g/mol. The van der Waals surface area contributed by atoms with Gasteiger partial charge in [0.25, 0.3) is 5.72 Å². The standard InChI is InChI=1S/C13H13F3N2O2/c1-20-8-4-2-7-3-5-10-11(9(7)6-8)17-18-12(10,19)13(14,15)16/h2,4,6,10,18-19H,3,5H2,1H3. The van der Waals surface area contributed by atoms with Crippen molar-refractivity contribution >= 4 is 5.71 Å². The lowest BCUT2D eigenvalue weighted by Crippen LogP contribution is -2.58. The van der Waals surface area contributed by atoms with Gasteiger partial charge in [-0.25, -0.2) is 0 Å². The molecule has 1 aromatic rings. The molecule has 108 valence electrons. The van der Waals surface area contributed by atoms with Crippen molar-refractivity contribution in [1.82, 2.24) is 5.43 Å². The van der Waals surface area contributed by atoms with Gasteiger partial charge < -0.3 is 9.84 Å². The van der Waals surface area contributed by atoms with Crippen LogP contribution in [0.5, 0.6) is 5.75 Å². The van der Waals surface area contributed by atoms with Crippen LogP contribution in [-0.2, 0) is 6.42 Å². The van der Waals surface area contributed by atoms with E-state index >= 15 is 0 Å². The van der Waals surface area contributed by atoms with Crippen LogP contribution in [0.1, 0.15) is 17.5 Å². The molecule has 3 rings (SSSR count). The number of aliphatic hydroxyl groups is 1. The van der Waals surface area contributed by atoms with Crippen molar-refractivity contribution in [3.63, 3.8) is 0 Å². The van der Waals surface area contributed by atoms with Crippen LogP contribution in [0.15, 0.2) is 23.3 Å². The largest absolute Gasteiger partial charge is 0.497 e. The van der Waals surface area contributed by atoms with Crippen LogP contribution >= 0.6 is 0 Å². The van der Waals surface area contributed by atoms with Crippen LogP contribution in [-0.4, -0.2) is 29.8 Å². The number of nitrogens with one attached hydrogen (secondary N) is 1. The Hall–Kier alpha value is -1.76. The van der Waals surface area contributed by atoms with Gasteiger partial charge in [0.05, 0.1) is 18.7 Å². The quantitative estimate of drug-likeness (QED) is 0.828. The van der Waals surface area contributed by atoms with Crippen molar-refractivity contribution < 1.29 is 23.0 Å². The van der Waals surface area contributed by atoms with E-state index in [1.165, 1.54) is 7.11 Å². The highest BCUT2D eigenvalue weighted by molar-refractivity contribution is 6.06. The molecule has 0 saturated heterocycles. The van der Waals surface area contributed by atoms with Gasteiger partial charge in [-0.05, 0) is 30.5 Å². The van der Waals surface area contributed by atoms with Crippen LogP contribution in [0.4, 0.5) is 13.2 Å². The van der Waals surface area contributed by atoms with Crippen LogP contribution < -0.4 is 10.2 Å². The zero-order chi connectivity index (χ0) is 14.5. The van der Waals surface area contributed by atoms with Crippen molar-refractivity contribution in [3.05, 3.63) is 29.3 Å². The third-order valence-electron chi connectivity index (χ3n) is 3.91. The lowest BCUT2D eigenvalue weighted by atomic mass is 9.77. The minimum atomic E-state index is -4.78. The second-order valence-electron chi connectivity index (χ2n) is 4.99. The Balaban J connectivity index is 2.04. The highest BCUT2D eigenvalue weighted by Crippen LogP contribution is 2.44. The molecule has 20 heavy (non-hydrogen) atoms. The number of hydrogen-bond acceptors (Lipinski definition) is 4. The van der Waals surface area contributed by atoms with E-state index in [-0.39, 0.29) is 12.1 Å². The average molecular weight is 286 g/mol. The molecule has 1 aliphatic carbocycles. The normalized spacial score (nSPS) is 28.2. The summed E-state index contributed by atoms with van der Waals surface area (Å²) in [7, 11) is 1.49. The monoisotopic (exact) mass is 286 g/mol. The number of nitrogens with zero attached hydrogens (tertiary/aromatic N) is 1. The molecule has 2 aliphatic rings. The zero-order valence-corrected chi connectivity index (χ0v) is 10.7. The van der Waals surface area contributed by atoms with Gasteiger partial charge in [-0.3, -0.25) is 5.43 Å². The summed E-state index contributed by atoms with van der Waals surface area (Å²) in [6.45, 7) is 0. The molecule has 2 atom stereocenters. The summed E-state index contributed by atoms with van der Waals surface area (Å²) in [6, 6.07) is 5.24. The second kappa shape index (κ2) is 4.12. The van der Waals surface area contributed by atoms with Crippen LogP contribution in [0.3, 0.4) is 0 Å². The number of methoxy groups -OCH3 is 1. The number of ether oxygens (including phenoxy) is 1. The molecule has 7 heteroatoms. The maximum atomic E-state index is 13.0. The van der Waals surface area contributed by atoms with E-state index in [4.69, 9.17) is 4.74 Å². The van der Waals surface area contributed by atoms with E-state index in [0.29, 0.717) is 17.7 Å². The summed E-state index contributed by atoms with van der Waals surface area (Å²) in [5, 5.41) is 13.6. The first-order valence-corrected chi connectivity index (χ1v) is 6.18. The molecule has 0 aromatic heterocycles. The molecule has 0 bridgehead atoms. The van der Waals surface area contributed by atoms with E-state index in [2.05, 4.69) is 5.10 Å². The highest BCUT2D eigenvalue weighted by atomic mass is 19.4. The minimum Gasteiger partial charge on any atom is -0.497 e. The number of aryl methyl sites for hydroxylation is 1. The molecule has 4 nitrogen and oxygen atoms in total. The third kappa shape index (κ3) is 1.69. The fourth-order valence-electron chi connectivity index (χ4n) is 2.79. The van der Waals surface area contributed by atoms with Crippen LogP contribution in [0.25, 0.3) is 0 Å². The molecule has 1 heterocycles. The first-order chi connectivity index (χ1) is 9.37. The lowest BCUT2D eigenvalue weighted by Gasteiger charge is -2.34. The summed E-state index contributed by atoms with van der Waals surface area (Å²) in [5.74, 6) is -0.545. The van der Waals surface area contributed by atoms with Crippen molar-refractivity contribution in [1.29, 1.82) is 0 Å². The molecule has 1 aliphatic heterocycles. The molecule has 0 radical (unpaired) electrons. The Kier molecular flexibility index (Phi) is 2.72. The second-order valence-corrected chi connectivity index (χ2v) is 4.99. The maximum Gasteiger partial charge on any atom is 0.438 e. The SMILES string of the molecule is COc1ccc2c(c1)C1=NNC(O)(C(F)(F)F)C1CC2. The first-order valence-electron chi connectivity index (χ1n) is 6.18. The summed E-state index contributed by atoms with van der Waals surface area (Å²) in [4.78, 5) is 0. The maximum absolute atomic E-state index is 13.0. The summed E-state index contributed by atoms with van der Waals surface area (Å²) >= 11 is 0. The third-order valence-corrected chi connectivity index (χ3v) is 3.91. The fraction of sp³-hybridized carbons (Fsp3) is 0.462. The smallest absolute Gasteiger partial charge is 0.438 e. The number of alkyl halides is 3. The van der Waals surface area contributed by atoms with E-state index in [1.807, 2.05) is 11.5 Å². The topological polar surface area (TPSA) is 53.8 Å². The van der Waals surface area contributed by atoms with Gasteiger partial charge in [0.15, 0.2) is 0 Å². The van der Waals surface area contributed by atoms with Gasteiger partial charge in [-0.2, -0.15) is 18.3 Å². The molecule has 2 N–H and O–H groups in total. The average Bonchev–Trinajstić information content (AvgIpc) is 2.77. The molecule has 0 amide bonds. The number of rotatable bonds is 1. The Morgan fingerprint density at radius 2 is 2.20 bits per heavy atom. The Morgan fingerprint density at radius 3 is 2.85 bits per heavy atom. The number of fused-ring (bicyclic) bond motifs is 3. The van der Waals surface area contributed by atoms with E-state index < -0.39 is 17.8 Å². The van der Waals surface area contributed by atoms with Crippen molar-refractivity contribution in [2.75, 3.05) is 7.11 Å². The van der Waals surface area contributed by atoms with Gasteiger partial charge in [-0.1, -0.05) is 6.07 Å². The number of hydrogen-bond donors (Lipinski definition) is 2. The van der Waals surface area contributed by atoms with Crippen molar-refractivity contribution in [2.24, 2.45) is 11.0 Å². The lowest BCUT2D eigenvalue weighted by molar-refractivity contribution is -0.281. The molecule has 0 spiro atoms. The van der Waals surface area contributed by atoms with Crippen LogP contribution in [0.2, 0.25) is 0 Å². The minimum absolute atomic E-state index is 0.196. The Morgan fingerprint density at radius 1 is 1.45 bits per heavy atom. The fourth-order valence-corrected chi connectivity index (χ4v) is 2.79. The molecule has 0 fully saturated rings. The number of hydrazone groups is 1. The Bertz CT molecular complexity index is 585. The van der Waals surface area contributed by atoms with Gasteiger partial charge in [0, 0.05) is 5.56 Å². The number of benzene rings is 1. The van der Waals surface area contributed by atoms with E-state index in [1.54, 1.807) is 12.1 Å². The summed E-state index contributed by atoms with van der Waals surface area (Å²) < 4.78 is 44.2. The molecular formula is C13H13F3N2O2. The molecule has 0 saturated carbocycles. The highest BCUT2D eigenvalue weighted by Gasteiger charge is 2.63.